The van der Waals surface area contributed by atoms with Crippen LogP contribution in [-0.2, 0) is 14.8 Å². The molecule has 3 heterocycles. The van der Waals surface area contributed by atoms with Crippen LogP contribution in [0.1, 0.15) is 31.2 Å². The molecule has 7 heteroatoms. The zero-order chi connectivity index (χ0) is 18.9. The number of aromatic nitrogens is 1. The summed E-state index contributed by atoms with van der Waals surface area (Å²) < 4.78 is 32.7. The van der Waals surface area contributed by atoms with Gasteiger partial charge in [0.25, 0.3) is 0 Å². The molecule has 0 atom stereocenters. The smallest absolute Gasteiger partial charge is 0.217 e. The molecular formula is C20H27N3O3S. The maximum atomic E-state index is 12.9. The number of rotatable bonds is 4. The fourth-order valence-corrected chi connectivity index (χ4v) is 5.97. The summed E-state index contributed by atoms with van der Waals surface area (Å²) in [5, 5.41) is 4.47. The van der Waals surface area contributed by atoms with Gasteiger partial charge in [0.1, 0.15) is 0 Å². The van der Waals surface area contributed by atoms with Crippen molar-refractivity contribution in [1.82, 2.24) is 9.29 Å². The first-order valence-corrected chi connectivity index (χ1v) is 11.2. The summed E-state index contributed by atoms with van der Waals surface area (Å²) in [5.41, 5.74) is 3.26. The van der Waals surface area contributed by atoms with Crippen molar-refractivity contribution in [2.75, 3.05) is 31.6 Å². The van der Waals surface area contributed by atoms with Gasteiger partial charge in [-0.1, -0.05) is 11.6 Å². The maximum absolute atomic E-state index is 12.9. The Kier molecular flexibility index (Phi) is 5.34. The molecule has 0 spiro atoms. The van der Waals surface area contributed by atoms with Crippen LogP contribution in [0.15, 0.2) is 30.5 Å². The van der Waals surface area contributed by atoms with E-state index in [1.54, 1.807) is 4.31 Å². The Bertz CT molecular complexity index is 902. The predicted molar refractivity (Wildman–Crippen MR) is 107 cm³/mol. The van der Waals surface area contributed by atoms with Crippen LogP contribution in [0.5, 0.6) is 0 Å². The summed E-state index contributed by atoms with van der Waals surface area (Å²) >= 11 is 0. The number of ether oxygens (including phenoxy) is 1. The molecule has 1 N–H and O–H groups in total. The highest BCUT2D eigenvalue weighted by molar-refractivity contribution is 7.89. The van der Waals surface area contributed by atoms with E-state index < -0.39 is 10.0 Å². The number of hydrogen-bond donors (Lipinski definition) is 1. The molecule has 0 amide bonds. The number of nitrogens with one attached hydrogen (secondary N) is 1. The highest BCUT2D eigenvalue weighted by Crippen LogP contribution is 2.27. The largest absolute Gasteiger partial charge is 0.382 e. The van der Waals surface area contributed by atoms with Crippen LogP contribution in [0.3, 0.4) is 0 Å². The molecule has 2 aliphatic rings. The molecule has 0 bridgehead atoms. The van der Waals surface area contributed by atoms with Crippen molar-refractivity contribution >= 4 is 26.6 Å². The van der Waals surface area contributed by atoms with E-state index in [9.17, 15) is 8.42 Å². The second-order valence-corrected chi connectivity index (χ2v) is 9.77. The Balaban J connectivity index is 1.42. The quantitative estimate of drug-likeness (QED) is 0.871. The molecule has 4 rings (SSSR count). The molecule has 2 fully saturated rings. The second-order valence-electron chi connectivity index (χ2n) is 7.55. The lowest BCUT2D eigenvalue weighted by Crippen LogP contribution is -2.47. The van der Waals surface area contributed by atoms with Gasteiger partial charge in [0.15, 0.2) is 0 Å². The minimum Gasteiger partial charge on any atom is -0.382 e. The first-order valence-electron chi connectivity index (χ1n) is 9.72. The Hall–Kier alpha value is -1.70. The number of aryl methyl sites for hydroxylation is 1. The topological polar surface area (TPSA) is 71.5 Å². The van der Waals surface area contributed by atoms with E-state index in [0.717, 1.165) is 29.4 Å². The molecule has 146 valence electrons. The van der Waals surface area contributed by atoms with Crippen molar-refractivity contribution in [1.29, 1.82) is 0 Å². The Morgan fingerprint density at radius 3 is 2.59 bits per heavy atom. The minimum absolute atomic E-state index is 0.275. The first kappa shape index (κ1) is 18.7. The summed E-state index contributed by atoms with van der Waals surface area (Å²) in [5.74, 6) is 0. The van der Waals surface area contributed by atoms with Crippen molar-refractivity contribution in [3.63, 3.8) is 0 Å². The maximum Gasteiger partial charge on any atom is 0.217 e. The van der Waals surface area contributed by atoms with Gasteiger partial charge in [0, 0.05) is 49.6 Å². The number of piperidine rings is 1. The first-order chi connectivity index (χ1) is 13.0. The fourth-order valence-electron chi connectivity index (χ4n) is 4.05. The van der Waals surface area contributed by atoms with Gasteiger partial charge in [0.2, 0.25) is 10.0 Å². The molecule has 1 aromatic carbocycles. The molecular weight excluding hydrogens is 362 g/mol. The van der Waals surface area contributed by atoms with Crippen LogP contribution in [0.4, 0.5) is 5.69 Å². The fraction of sp³-hybridized carbons (Fsp3) is 0.550. The lowest BCUT2D eigenvalue weighted by atomic mass is 10.0. The number of sulfonamides is 1. The molecule has 6 nitrogen and oxygen atoms in total. The molecule has 2 aromatic rings. The highest BCUT2D eigenvalue weighted by Gasteiger charge is 2.35. The third-order valence-electron chi connectivity index (χ3n) is 5.66. The number of fused-ring (bicyclic) bond motifs is 1. The summed E-state index contributed by atoms with van der Waals surface area (Å²) in [6.45, 7) is 4.35. The van der Waals surface area contributed by atoms with Crippen molar-refractivity contribution in [3.8, 4) is 0 Å². The molecule has 0 unspecified atom stereocenters. The van der Waals surface area contributed by atoms with Gasteiger partial charge in [-0.3, -0.25) is 4.98 Å². The number of pyridine rings is 1. The number of hydrogen-bond acceptors (Lipinski definition) is 5. The van der Waals surface area contributed by atoms with E-state index >= 15 is 0 Å². The third-order valence-corrected chi connectivity index (χ3v) is 8.06. The van der Waals surface area contributed by atoms with E-state index in [1.165, 1.54) is 5.56 Å². The highest BCUT2D eigenvalue weighted by atomic mass is 32.2. The molecule has 2 saturated heterocycles. The number of benzene rings is 1. The summed E-state index contributed by atoms with van der Waals surface area (Å²) in [6.07, 6.45) is 4.69. The van der Waals surface area contributed by atoms with Crippen molar-refractivity contribution < 1.29 is 13.2 Å². The summed E-state index contributed by atoms with van der Waals surface area (Å²) in [7, 11) is -3.21. The normalized spacial score (nSPS) is 20.8. The third kappa shape index (κ3) is 3.95. The zero-order valence-electron chi connectivity index (χ0n) is 15.7. The Morgan fingerprint density at radius 2 is 1.85 bits per heavy atom. The lowest BCUT2D eigenvalue weighted by molar-refractivity contribution is 0.0969. The Morgan fingerprint density at radius 1 is 1.11 bits per heavy atom. The van der Waals surface area contributed by atoms with Gasteiger partial charge in [-0.2, -0.15) is 0 Å². The van der Waals surface area contributed by atoms with Gasteiger partial charge >= 0.3 is 0 Å². The monoisotopic (exact) mass is 389 g/mol. The molecule has 0 saturated carbocycles. The average Bonchev–Trinajstić information content (AvgIpc) is 2.69. The minimum atomic E-state index is -3.21. The standard InChI is InChI=1S/C20H27N3O3S/c1-15-2-3-19-18(14-15)20(4-9-21-19)22-16-5-10-23(11-6-16)27(24,25)17-7-12-26-13-8-17/h2-4,9,14,16-17H,5-8,10-13H2,1H3,(H,21,22). The van der Waals surface area contributed by atoms with Crippen molar-refractivity contribution in [2.45, 2.75) is 43.9 Å². The van der Waals surface area contributed by atoms with Crippen LogP contribution in [-0.4, -0.2) is 55.3 Å². The van der Waals surface area contributed by atoms with E-state index in [2.05, 4.69) is 29.4 Å². The Labute approximate surface area is 161 Å². The number of anilines is 1. The van der Waals surface area contributed by atoms with Crippen LogP contribution in [0, 0.1) is 6.92 Å². The van der Waals surface area contributed by atoms with Gasteiger partial charge in [-0.15, -0.1) is 0 Å². The van der Waals surface area contributed by atoms with Crippen molar-refractivity contribution in [2.24, 2.45) is 0 Å². The van der Waals surface area contributed by atoms with E-state index in [1.807, 2.05) is 18.3 Å². The van der Waals surface area contributed by atoms with E-state index in [4.69, 9.17) is 4.74 Å². The van der Waals surface area contributed by atoms with Crippen LogP contribution in [0.25, 0.3) is 10.9 Å². The molecule has 2 aliphatic heterocycles. The summed E-state index contributed by atoms with van der Waals surface area (Å²) in [6, 6.07) is 8.54. The molecule has 1 aromatic heterocycles. The predicted octanol–water partition coefficient (Wildman–Crippen LogP) is 2.93. The second kappa shape index (κ2) is 7.73. The number of nitrogens with zero attached hydrogens (tertiary/aromatic N) is 2. The van der Waals surface area contributed by atoms with Crippen LogP contribution >= 0.6 is 0 Å². The SMILES string of the molecule is Cc1ccc2nccc(NC3CCN(S(=O)(=O)C4CCOCC4)CC3)c2c1. The summed E-state index contributed by atoms with van der Waals surface area (Å²) in [4.78, 5) is 4.43. The molecule has 0 radical (unpaired) electrons. The van der Waals surface area contributed by atoms with Crippen molar-refractivity contribution in [3.05, 3.63) is 36.0 Å². The lowest BCUT2D eigenvalue weighted by Gasteiger charge is -2.35. The van der Waals surface area contributed by atoms with Gasteiger partial charge in [-0.05, 0) is 50.8 Å². The van der Waals surface area contributed by atoms with Crippen LogP contribution < -0.4 is 5.32 Å². The van der Waals surface area contributed by atoms with Gasteiger partial charge < -0.3 is 10.1 Å². The molecule has 27 heavy (non-hydrogen) atoms. The van der Waals surface area contributed by atoms with Gasteiger partial charge in [0.05, 0.1) is 10.8 Å². The molecule has 0 aliphatic carbocycles. The van der Waals surface area contributed by atoms with Crippen LogP contribution in [0.2, 0.25) is 0 Å². The van der Waals surface area contributed by atoms with E-state index in [-0.39, 0.29) is 11.3 Å². The van der Waals surface area contributed by atoms with Gasteiger partial charge in [-0.25, -0.2) is 12.7 Å². The average molecular weight is 390 g/mol. The zero-order valence-corrected chi connectivity index (χ0v) is 16.5. The van der Waals surface area contributed by atoms with E-state index in [0.29, 0.717) is 39.1 Å².